The Bertz CT molecular complexity index is 311. The molecule has 1 aromatic carbocycles. The topological polar surface area (TPSA) is 59.6 Å². The summed E-state index contributed by atoms with van der Waals surface area (Å²) in [5.74, 6) is 0.447. The summed E-state index contributed by atoms with van der Waals surface area (Å²) in [6, 6.07) is 9.75. The van der Waals surface area contributed by atoms with E-state index in [4.69, 9.17) is 10.5 Å². The Morgan fingerprint density at radius 2 is 2.12 bits per heavy atom. The molecule has 0 atom stereocenters. The maximum Gasteiger partial charge on any atom is 0.193 e. The highest BCUT2D eigenvalue weighted by atomic mass is 16.5. The molecule has 0 aliphatic rings. The highest BCUT2D eigenvalue weighted by Crippen LogP contribution is 2.03. The summed E-state index contributed by atoms with van der Waals surface area (Å²) < 4.78 is 5.20. The largest absolute Gasteiger partial charge is 0.382 e. The molecule has 1 aromatic rings. The Labute approximate surface area is 96.5 Å². The number of benzene rings is 1. The molecule has 0 fully saturated rings. The minimum atomic E-state index is 0.447. The van der Waals surface area contributed by atoms with Crippen molar-refractivity contribution >= 4 is 11.6 Å². The van der Waals surface area contributed by atoms with Crippen LogP contribution in [0.25, 0.3) is 0 Å². The fourth-order valence-electron chi connectivity index (χ4n) is 1.22. The summed E-state index contributed by atoms with van der Waals surface area (Å²) in [5.41, 5.74) is 6.67. The molecule has 0 unspecified atom stereocenters. The van der Waals surface area contributed by atoms with Crippen LogP contribution in [0.4, 0.5) is 5.69 Å². The average molecular weight is 221 g/mol. The van der Waals surface area contributed by atoms with E-state index in [2.05, 4.69) is 10.3 Å². The van der Waals surface area contributed by atoms with Crippen LogP contribution in [0.5, 0.6) is 0 Å². The van der Waals surface area contributed by atoms with Gasteiger partial charge in [-0.2, -0.15) is 0 Å². The molecule has 0 saturated carbocycles. The zero-order valence-corrected chi connectivity index (χ0v) is 9.65. The number of hydrogen-bond donors (Lipinski definition) is 2. The van der Waals surface area contributed by atoms with E-state index in [0.29, 0.717) is 12.5 Å². The predicted molar refractivity (Wildman–Crippen MR) is 67.7 cm³/mol. The second kappa shape index (κ2) is 7.70. The Morgan fingerprint density at radius 3 is 2.81 bits per heavy atom. The van der Waals surface area contributed by atoms with Crippen LogP contribution < -0.4 is 11.1 Å². The first kappa shape index (κ1) is 12.5. The number of para-hydroxylation sites is 1. The van der Waals surface area contributed by atoms with Crippen molar-refractivity contribution in [1.29, 1.82) is 0 Å². The minimum absolute atomic E-state index is 0.447. The van der Waals surface area contributed by atoms with Gasteiger partial charge in [0.15, 0.2) is 5.96 Å². The van der Waals surface area contributed by atoms with Crippen LogP contribution in [0, 0.1) is 0 Å². The molecular weight excluding hydrogens is 202 g/mol. The zero-order chi connectivity index (χ0) is 11.6. The predicted octanol–water partition coefficient (Wildman–Crippen LogP) is 1.84. The van der Waals surface area contributed by atoms with Gasteiger partial charge in [-0.3, -0.25) is 4.99 Å². The Hall–Kier alpha value is -1.55. The lowest BCUT2D eigenvalue weighted by molar-refractivity contribution is 0.146. The molecule has 0 radical (unpaired) electrons. The lowest BCUT2D eigenvalue weighted by Gasteiger charge is -2.04. The maximum absolute atomic E-state index is 5.72. The van der Waals surface area contributed by atoms with E-state index in [9.17, 15) is 0 Å². The first-order valence-electron chi connectivity index (χ1n) is 5.52. The van der Waals surface area contributed by atoms with Gasteiger partial charge in [-0.1, -0.05) is 18.2 Å². The van der Waals surface area contributed by atoms with E-state index in [1.165, 1.54) is 0 Å². The normalized spacial score (nSPS) is 11.4. The van der Waals surface area contributed by atoms with Crippen molar-refractivity contribution in [3.8, 4) is 0 Å². The second-order valence-corrected chi connectivity index (χ2v) is 3.31. The number of nitrogens with zero attached hydrogens (tertiary/aromatic N) is 1. The number of aliphatic imine (C=N–C) groups is 1. The number of ether oxygens (including phenoxy) is 1. The minimum Gasteiger partial charge on any atom is -0.382 e. The maximum atomic E-state index is 5.72. The highest BCUT2D eigenvalue weighted by molar-refractivity contribution is 5.92. The number of guanidine groups is 1. The van der Waals surface area contributed by atoms with E-state index in [-0.39, 0.29) is 0 Å². The molecule has 0 bridgehead atoms. The Morgan fingerprint density at radius 1 is 1.38 bits per heavy atom. The molecular formula is C12H19N3O. The van der Waals surface area contributed by atoms with Gasteiger partial charge in [-0.05, 0) is 25.5 Å². The van der Waals surface area contributed by atoms with Crippen molar-refractivity contribution in [3.63, 3.8) is 0 Å². The summed E-state index contributed by atoms with van der Waals surface area (Å²) in [7, 11) is 0. The lowest BCUT2D eigenvalue weighted by Crippen LogP contribution is -2.22. The number of anilines is 1. The average Bonchev–Trinajstić information content (AvgIpc) is 2.30. The van der Waals surface area contributed by atoms with Crippen molar-refractivity contribution < 1.29 is 4.74 Å². The van der Waals surface area contributed by atoms with Gasteiger partial charge in [0.25, 0.3) is 0 Å². The molecule has 0 amide bonds. The third-order valence-electron chi connectivity index (χ3n) is 1.98. The first-order valence-corrected chi connectivity index (χ1v) is 5.52. The van der Waals surface area contributed by atoms with Crippen LogP contribution in [-0.4, -0.2) is 25.7 Å². The van der Waals surface area contributed by atoms with Crippen LogP contribution in [0.1, 0.15) is 13.3 Å². The molecule has 0 aliphatic heterocycles. The monoisotopic (exact) mass is 221 g/mol. The number of hydrogen-bond acceptors (Lipinski definition) is 2. The summed E-state index contributed by atoms with van der Waals surface area (Å²) in [6.07, 6.45) is 0.894. The highest BCUT2D eigenvalue weighted by Gasteiger charge is 1.92. The van der Waals surface area contributed by atoms with Crippen molar-refractivity contribution in [2.24, 2.45) is 10.7 Å². The van der Waals surface area contributed by atoms with Gasteiger partial charge in [-0.15, -0.1) is 0 Å². The van der Waals surface area contributed by atoms with Gasteiger partial charge < -0.3 is 15.8 Å². The van der Waals surface area contributed by atoms with Crippen LogP contribution in [0.15, 0.2) is 35.3 Å². The van der Waals surface area contributed by atoms with E-state index < -0.39 is 0 Å². The zero-order valence-electron chi connectivity index (χ0n) is 9.65. The van der Waals surface area contributed by atoms with Gasteiger partial charge in [0.2, 0.25) is 0 Å². The summed E-state index contributed by atoms with van der Waals surface area (Å²) >= 11 is 0. The molecule has 0 saturated heterocycles. The van der Waals surface area contributed by atoms with Crippen molar-refractivity contribution in [3.05, 3.63) is 30.3 Å². The fraction of sp³-hybridized carbons (Fsp3) is 0.417. The molecule has 3 N–H and O–H groups in total. The van der Waals surface area contributed by atoms with Gasteiger partial charge in [-0.25, -0.2) is 0 Å². The van der Waals surface area contributed by atoms with E-state index in [1.807, 2.05) is 37.3 Å². The van der Waals surface area contributed by atoms with Crippen LogP contribution in [0.2, 0.25) is 0 Å². The third-order valence-corrected chi connectivity index (χ3v) is 1.98. The SMILES string of the molecule is CCOCCCN=C(N)Nc1ccccc1. The van der Waals surface area contributed by atoms with Gasteiger partial charge in [0.1, 0.15) is 0 Å². The molecule has 0 aliphatic carbocycles. The first-order chi connectivity index (χ1) is 7.83. The standard InChI is InChI=1S/C12H19N3O/c1-2-16-10-6-9-14-12(13)15-11-7-4-3-5-8-11/h3-5,7-8H,2,6,9-10H2,1H3,(H3,13,14,15). The number of rotatable bonds is 6. The molecule has 88 valence electrons. The molecule has 0 spiro atoms. The van der Waals surface area contributed by atoms with Gasteiger partial charge >= 0.3 is 0 Å². The Kier molecular flexibility index (Phi) is 6.03. The molecule has 0 heterocycles. The van der Waals surface area contributed by atoms with Crippen molar-refractivity contribution in [2.75, 3.05) is 25.1 Å². The summed E-state index contributed by atoms with van der Waals surface area (Å²) in [6.45, 7) is 4.15. The summed E-state index contributed by atoms with van der Waals surface area (Å²) in [4.78, 5) is 4.19. The fourth-order valence-corrected chi connectivity index (χ4v) is 1.22. The van der Waals surface area contributed by atoms with E-state index >= 15 is 0 Å². The van der Waals surface area contributed by atoms with Crippen molar-refractivity contribution in [2.45, 2.75) is 13.3 Å². The van der Waals surface area contributed by atoms with Crippen LogP contribution >= 0.6 is 0 Å². The third kappa shape index (κ3) is 5.36. The Balaban J connectivity index is 2.24. The van der Waals surface area contributed by atoms with E-state index in [0.717, 1.165) is 25.3 Å². The lowest BCUT2D eigenvalue weighted by atomic mass is 10.3. The quantitative estimate of drug-likeness (QED) is 0.438. The summed E-state index contributed by atoms with van der Waals surface area (Å²) in [5, 5.41) is 3.02. The molecule has 4 nitrogen and oxygen atoms in total. The molecule has 16 heavy (non-hydrogen) atoms. The molecule has 4 heteroatoms. The number of nitrogens with one attached hydrogen (secondary N) is 1. The van der Waals surface area contributed by atoms with Crippen molar-refractivity contribution in [1.82, 2.24) is 0 Å². The van der Waals surface area contributed by atoms with Gasteiger partial charge in [0, 0.05) is 25.4 Å². The second-order valence-electron chi connectivity index (χ2n) is 3.31. The van der Waals surface area contributed by atoms with Crippen LogP contribution in [-0.2, 0) is 4.74 Å². The smallest absolute Gasteiger partial charge is 0.193 e. The van der Waals surface area contributed by atoms with Crippen LogP contribution in [0.3, 0.4) is 0 Å². The molecule has 1 rings (SSSR count). The van der Waals surface area contributed by atoms with E-state index in [1.54, 1.807) is 0 Å². The number of nitrogens with two attached hydrogens (primary N) is 1. The van der Waals surface area contributed by atoms with Gasteiger partial charge in [0.05, 0.1) is 0 Å². The molecule has 0 aromatic heterocycles.